The third-order valence-corrected chi connectivity index (χ3v) is 3.61. The maximum absolute atomic E-state index is 14.1. The van der Waals surface area contributed by atoms with Crippen molar-refractivity contribution in [3.8, 4) is 0 Å². The smallest absolute Gasteiger partial charge is 0.149 e. The van der Waals surface area contributed by atoms with Crippen molar-refractivity contribution in [3.63, 3.8) is 0 Å². The standard InChI is InChI=1S/C15H23F2N3O/c1-15(2,21)10-19-3-5-20(6-4-19)14-12(16)7-11(9-18)8-13(14)17/h7-8,21H,3-6,9-10,18H2,1-2H3. The SMILES string of the molecule is CC(C)(O)CN1CCN(c2c(F)cc(CN)cc2F)CC1. The van der Waals surface area contributed by atoms with Crippen LogP contribution in [0, 0.1) is 11.6 Å². The van der Waals surface area contributed by atoms with E-state index in [9.17, 15) is 13.9 Å². The lowest BCUT2D eigenvalue weighted by Gasteiger charge is -2.38. The van der Waals surface area contributed by atoms with Crippen molar-refractivity contribution in [1.82, 2.24) is 4.90 Å². The number of aliphatic hydroxyl groups is 1. The summed E-state index contributed by atoms with van der Waals surface area (Å²) in [7, 11) is 0. The van der Waals surface area contributed by atoms with Crippen LogP contribution in [0.4, 0.5) is 14.5 Å². The van der Waals surface area contributed by atoms with Gasteiger partial charge in [-0.15, -0.1) is 0 Å². The molecule has 0 amide bonds. The number of hydrogen-bond donors (Lipinski definition) is 2. The molecule has 0 saturated carbocycles. The summed E-state index contributed by atoms with van der Waals surface area (Å²) in [6.07, 6.45) is 0. The number of benzene rings is 1. The van der Waals surface area contributed by atoms with E-state index >= 15 is 0 Å². The molecule has 0 aromatic heterocycles. The van der Waals surface area contributed by atoms with Gasteiger partial charge in [0.15, 0.2) is 0 Å². The first-order valence-corrected chi connectivity index (χ1v) is 7.18. The van der Waals surface area contributed by atoms with Crippen molar-refractivity contribution in [2.45, 2.75) is 26.0 Å². The topological polar surface area (TPSA) is 52.7 Å². The molecule has 3 N–H and O–H groups in total. The van der Waals surface area contributed by atoms with Crippen LogP contribution in [0.5, 0.6) is 0 Å². The predicted molar refractivity (Wildman–Crippen MR) is 79.2 cm³/mol. The first-order chi connectivity index (χ1) is 9.80. The van der Waals surface area contributed by atoms with Crippen LogP contribution in [-0.2, 0) is 6.54 Å². The summed E-state index contributed by atoms with van der Waals surface area (Å²) >= 11 is 0. The van der Waals surface area contributed by atoms with Crippen molar-refractivity contribution >= 4 is 5.69 Å². The quantitative estimate of drug-likeness (QED) is 0.880. The van der Waals surface area contributed by atoms with Gasteiger partial charge in [-0.25, -0.2) is 8.78 Å². The molecule has 0 radical (unpaired) electrons. The number of rotatable bonds is 4. The zero-order valence-electron chi connectivity index (χ0n) is 12.6. The molecule has 1 aromatic carbocycles. The summed E-state index contributed by atoms with van der Waals surface area (Å²) in [4.78, 5) is 3.81. The molecular weight excluding hydrogens is 276 g/mol. The van der Waals surface area contributed by atoms with Gasteiger partial charge in [-0.2, -0.15) is 0 Å². The van der Waals surface area contributed by atoms with Gasteiger partial charge in [-0.05, 0) is 31.5 Å². The molecule has 1 aromatic rings. The van der Waals surface area contributed by atoms with Crippen LogP contribution in [0.15, 0.2) is 12.1 Å². The number of piperazine rings is 1. The first-order valence-electron chi connectivity index (χ1n) is 7.18. The highest BCUT2D eigenvalue weighted by atomic mass is 19.1. The van der Waals surface area contributed by atoms with E-state index in [1.54, 1.807) is 18.7 Å². The van der Waals surface area contributed by atoms with Crippen molar-refractivity contribution in [2.24, 2.45) is 5.73 Å². The molecule has 4 nitrogen and oxygen atoms in total. The fourth-order valence-corrected chi connectivity index (χ4v) is 2.71. The van der Waals surface area contributed by atoms with Crippen LogP contribution >= 0.6 is 0 Å². The van der Waals surface area contributed by atoms with Gasteiger partial charge in [0.05, 0.1) is 5.60 Å². The average molecular weight is 299 g/mol. The Balaban J connectivity index is 2.06. The maximum Gasteiger partial charge on any atom is 0.149 e. The molecule has 1 fully saturated rings. The lowest BCUT2D eigenvalue weighted by atomic mass is 10.1. The Kier molecular flexibility index (Phi) is 4.81. The van der Waals surface area contributed by atoms with E-state index < -0.39 is 17.2 Å². The Morgan fingerprint density at radius 2 is 1.67 bits per heavy atom. The van der Waals surface area contributed by atoms with E-state index in [1.807, 2.05) is 0 Å². The fourth-order valence-electron chi connectivity index (χ4n) is 2.71. The summed E-state index contributed by atoms with van der Waals surface area (Å²) in [6, 6.07) is 2.59. The van der Waals surface area contributed by atoms with Crippen molar-refractivity contribution in [2.75, 3.05) is 37.6 Å². The molecule has 1 heterocycles. The Bertz CT molecular complexity index is 471. The largest absolute Gasteiger partial charge is 0.389 e. The zero-order chi connectivity index (χ0) is 15.6. The van der Waals surface area contributed by atoms with Gasteiger partial charge in [0.25, 0.3) is 0 Å². The highest BCUT2D eigenvalue weighted by Gasteiger charge is 2.25. The normalized spacial score (nSPS) is 17.3. The minimum absolute atomic E-state index is 0.0232. The van der Waals surface area contributed by atoms with E-state index in [2.05, 4.69) is 4.90 Å². The Hall–Kier alpha value is -1.24. The zero-order valence-corrected chi connectivity index (χ0v) is 12.6. The Morgan fingerprint density at radius 1 is 1.14 bits per heavy atom. The van der Waals surface area contributed by atoms with E-state index in [4.69, 9.17) is 5.73 Å². The molecule has 1 aliphatic rings. The van der Waals surface area contributed by atoms with Crippen molar-refractivity contribution < 1.29 is 13.9 Å². The molecular formula is C15H23F2N3O. The number of anilines is 1. The molecule has 0 spiro atoms. The van der Waals surface area contributed by atoms with E-state index in [1.165, 1.54) is 12.1 Å². The van der Waals surface area contributed by atoms with Crippen LogP contribution in [0.25, 0.3) is 0 Å². The molecule has 1 saturated heterocycles. The number of β-amino-alcohol motifs (C(OH)–C–C–N with tert-alkyl or cyclic N) is 1. The van der Waals surface area contributed by atoms with Crippen LogP contribution in [-0.4, -0.2) is 48.3 Å². The molecule has 0 unspecified atom stereocenters. The summed E-state index contributed by atoms with van der Waals surface area (Å²) in [6.45, 7) is 6.58. The highest BCUT2D eigenvalue weighted by Crippen LogP contribution is 2.26. The molecule has 118 valence electrons. The van der Waals surface area contributed by atoms with Gasteiger partial charge in [0.2, 0.25) is 0 Å². The second-order valence-electron chi connectivity index (χ2n) is 6.19. The summed E-state index contributed by atoms with van der Waals surface area (Å²) in [5, 5.41) is 9.81. The summed E-state index contributed by atoms with van der Waals surface area (Å²) in [5.74, 6) is -1.13. The molecule has 0 bridgehead atoms. The fraction of sp³-hybridized carbons (Fsp3) is 0.600. The molecule has 6 heteroatoms. The predicted octanol–water partition coefficient (Wildman–Crippen LogP) is 1.32. The number of halogens is 2. The minimum Gasteiger partial charge on any atom is -0.389 e. The van der Waals surface area contributed by atoms with Crippen LogP contribution in [0.2, 0.25) is 0 Å². The molecule has 1 aliphatic heterocycles. The second kappa shape index (κ2) is 6.25. The summed E-state index contributed by atoms with van der Waals surface area (Å²) < 4.78 is 28.1. The summed E-state index contributed by atoms with van der Waals surface area (Å²) in [5.41, 5.74) is 5.13. The number of nitrogens with zero attached hydrogens (tertiary/aromatic N) is 2. The van der Waals surface area contributed by atoms with Gasteiger partial charge in [0, 0.05) is 39.3 Å². The Labute approximate surface area is 124 Å². The maximum atomic E-state index is 14.1. The van der Waals surface area contributed by atoms with Crippen LogP contribution in [0.3, 0.4) is 0 Å². The molecule has 0 atom stereocenters. The van der Waals surface area contributed by atoms with Crippen molar-refractivity contribution in [3.05, 3.63) is 29.3 Å². The third kappa shape index (κ3) is 4.12. The van der Waals surface area contributed by atoms with Crippen LogP contribution < -0.4 is 10.6 Å². The van der Waals surface area contributed by atoms with Gasteiger partial charge < -0.3 is 15.7 Å². The number of hydrogen-bond acceptors (Lipinski definition) is 4. The van der Waals surface area contributed by atoms with Gasteiger partial charge in [0.1, 0.15) is 17.3 Å². The van der Waals surface area contributed by atoms with E-state index in [0.29, 0.717) is 38.3 Å². The van der Waals surface area contributed by atoms with Gasteiger partial charge in [-0.3, -0.25) is 4.90 Å². The van der Waals surface area contributed by atoms with E-state index in [-0.39, 0.29) is 12.2 Å². The van der Waals surface area contributed by atoms with Crippen molar-refractivity contribution in [1.29, 1.82) is 0 Å². The van der Waals surface area contributed by atoms with Gasteiger partial charge >= 0.3 is 0 Å². The average Bonchev–Trinajstić information content (AvgIpc) is 2.38. The lowest BCUT2D eigenvalue weighted by molar-refractivity contribution is 0.0344. The monoisotopic (exact) mass is 299 g/mol. The van der Waals surface area contributed by atoms with Gasteiger partial charge in [-0.1, -0.05) is 0 Å². The van der Waals surface area contributed by atoms with Crippen LogP contribution in [0.1, 0.15) is 19.4 Å². The molecule has 0 aliphatic carbocycles. The minimum atomic E-state index is -0.762. The Morgan fingerprint density at radius 3 is 2.10 bits per heavy atom. The molecule has 21 heavy (non-hydrogen) atoms. The lowest BCUT2D eigenvalue weighted by Crippen LogP contribution is -2.50. The van der Waals surface area contributed by atoms with E-state index in [0.717, 1.165) is 0 Å². The highest BCUT2D eigenvalue weighted by molar-refractivity contribution is 5.51. The first kappa shape index (κ1) is 16.1. The second-order valence-corrected chi connectivity index (χ2v) is 6.19. The number of nitrogens with two attached hydrogens (primary N) is 1. The third-order valence-electron chi connectivity index (χ3n) is 3.61. The molecule has 2 rings (SSSR count).